The normalized spacial score (nSPS) is 11.1. The van der Waals surface area contributed by atoms with Crippen molar-refractivity contribution in [2.75, 3.05) is 12.3 Å². The van der Waals surface area contributed by atoms with Gasteiger partial charge in [0.25, 0.3) is 0 Å². The first kappa shape index (κ1) is 11.0. The van der Waals surface area contributed by atoms with Crippen molar-refractivity contribution in [3.8, 4) is 0 Å². The van der Waals surface area contributed by atoms with Crippen LogP contribution in [0, 0.1) is 0 Å². The number of hydrogen-bond acceptors (Lipinski definition) is 5. The van der Waals surface area contributed by atoms with E-state index < -0.39 is 0 Å². The molecule has 3 N–H and O–H groups in total. The second kappa shape index (κ2) is 5.58. The van der Waals surface area contributed by atoms with Gasteiger partial charge in [-0.3, -0.25) is 4.68 Å². The van der Waals surface area contributed by atoms with Crippen LogP contribution in [-0.2, 0) is 16.4 Å². The van der Waals surface area contributed by atoms with Crippen LogP contribution in [0.1, 0.15) is 13.8 Å². The minimum absolute atomic E-state index is 0.0443. The standard InChI is InChI=1S/C8H16N4O2/c1-7(2)13-14-10-4-6-12-5-3-8(9)11-12/h3,5,7,10H,4,6H2,1-2H3,(H2,9,11). The monoisotopic (exact) mass is 200 g/mol. The van der Waals surface area contributed by atoms with Gasteiger partial charge in [0.2, 0.25) is 0 Å². The van der Waals surface area contributed by atoms with E-state index >= 15 is 0 Å². The van der Waals surface area contributed by atoms with Crippen LogP contribution < -0.4 is 11.2 Å². The van der Waals surface area contributed by atoms with Crippen molar-refractivity contribution in [1.82, 2.24) is 15.3 Å². The summed E-state index contributed by atoms with van der Waals surface area (Å²) in [5.74, 6) is 0.518. The molecular weight excluding hydrogens is 184 g/mol. The lowest BCUT2D eigenvalue weighted by Gasteiger charge is -2.06. The second-order valence-corrected chi connectivity index (χ2v) is 3.13. The van der Waals surface area contributed by atoms with Crippen molar-refractivity contribution in [1.29, 1.82) is 0 Å². The molecule has 6 heteroatoms. The lowest BCUT2D eigenvalue weighted by atomic mass is 10.5. The molecule has 80 valence electrons. The zero-order valence-corrected chi connectivity index (χ0v) is 8.43. The van der Waals surface area contributed by atoms with Gasteiger partial charge in [-0.05, 0) is 19.9 Å². The van der Waals surface area contributed by atoms with Crippen molar-refractivity contribution in [3.63, 3.8) is 0 Å². The van der Waals surface area contributed by atoms with Gasteiger partial charge in [-0.2, -0.15) is 10.6 Å². The summed E-state index contributed by atoms with van der Waals surface area (Å²) in [5.41, 5.74) is 8.09. The van der Waals surface area contributed by atoms with E-state index in [2.05, 4.69) is 10.6 Å². The summed E-state index contributed by atoms with van der Waals surface area (Å²) in [6.45, 7) is 5.05. The minimum atomic E-state index is 0.0443. The fourth-order valence-corrected chi connectivity index (χ4v) is 0.834. The fourth-order valence-electron chi connectivity index (χ4n) is 0.834. The molecular formula is C8H16N4O2. The molecule has 0 bridgehead atoms. The third kappa shape index (κ3) is 4.22. The smallest absolute Gasteiger partial charge is 0.145 e. The van der Waals surface area contributed by atoms with Crippen LogP contribution in [0.2, 0.25) is 0 Å². The maximum Gasteiger partial charge on any atom is 0.145 e. The first-order valence-electron chi connectivity index (χ1n) is 4.52. The molecule has 0 fully saturated rings. The minimum Gasteiger partial charge on any atom is -0.382 e. The molecule has 0 amide bonds. The van der Waals surface area contributed by atoms with Crippen molar-refractivity contribution in [3.05, 3.63) is 12.3 Å². The summed E-state index contributed by atoms with van der Waals surface area (Å²) < 4.78 is 1.72. The highest BCUT2D eigenvalue weighted by Gasteiger charge is 1.95. The third-order valence-electron chi connectivity index (χ3n) is 1.40. The molecule has 0 atom stereocenters. The molecule has 0 aliphatic carbocycles. The van der Waals surface area contributed by atoms with Crippen LogP contribution in [0.4, 0.5) is 5.82 Å². The van der Waals surface area contributed by atoms with Gasteiger partial charge in [0.05, 0.1) is 12.6 Å². The van der Waals surface area contributed by atoms with Gasteiger partial charge in [-0.1, -0.05) is 0 Å². The molecule has 0 radical (unpaired) electrons. The largest absolute Gasteiger partial charge is 0.382 e. The molecule has 1 aromatic heterocycles. The molecule has 0 aromatic carbocycles. The van der Waals surface area contributed by atoms with Crippen LogP contribution in [0.3, 0.4) is 0 Å². The van der Waals surface area contributed by atoms with Crippen LogP contribution >= 0.6 is 0 Å². The Morgan fingerprint density at radius 1 is 1.64 bits per heavy atom. The molecule has 0 spiro atoms. The number of nitrogens with two attached hydrogens (primary N) is 1. The SMILES string of the molecule is CC(C)OONCCn1ccc(N)n1. The average Bonchev–Trinajstić information content (AvgIpc) is 2.50. The topological polar surface area (TPSA) is 74.3 Å². The summed E-state index contributed by atoms with van der Waals surface area (Å²) in [5, 5.41) is 4.00. The van der Waals surface area contributed by atoms with E-state index in [1.54, 1.807) is 16.9 Å². The van der Waals surface area contributed by atoms with E-state index in [1.807, 2.05) is 13.8 Å². The van der Waals surface area contributed by atoms with Gasteiger partial charge in [0, 0.05) is 12.7 Å². The molecule has 6 nitrogen and oxygen atoms in total. The lowest BCUT2D eigenvalue weighted by molar-refractivity contribution is -0.356. The zero-order valence-electron chi connectivity index (χ0n) is 8.43. The first-order valence-corrected chi connectivity index (χ1v) is 4.52. The van der Waals surface area contributed by atoms with Gasteiger partial charge >= 0.3 is 0 Å². The molecule has 0 saturated carbocycles. The number of rotatable bonds is 6. The number of hydroxylamine groups is 1. The number of nitrogens with zero attached hydrogens (tertiary/aromatic N) is 2. The summed E-state index contributed by atoms with van der Waals surface area (Å²) >= 11 is 0. The number of anilines is 1. The average molecular weight is 200 g/mol. The van der Waals surface area contributed by atoms with E-state index in [1.165, 1.54) is 0 Å². The highest BCUT2D eigenvalue weighted by molar-refractivity contribution is 5.23. The Labute approximate surface area is 82.9 Å². The Kier molecular flexibility index (Phi) is 4.37. The quantitative estimate of drug-likeness (QED) is 0.393. The van der Waals surface area contributed by atoms with E-state index in [0.717, 1.165) is 0 Å². The number of nitrogens with one attached hydrogen (secondary N) is 1. The number of nitrogen functional groups attached to an aromatic ring is 1. The molecule has 0 aliphatic rings. The van der Waals surface area contributed by atoms with E-state index in [0.29, 0.717) is 18.9 Å². The molecule has 1 aromatic rings. The van der Waals surface area contributed by atoms with Crippen LogP contribution in [-0.4, -0.2) is 22.4 Å². The van der Waals surface area contributed by atoms with Gasteiger partial charge in [-0.15, -0.1) is 4.99 Å². The summed E-state index contributed by atoms with van der Waals surface area (Å²) in [7, 11) is 0. The first-order chi connectivity index (χ1) is 6.68. The highest BCUT2D eigenvalue weighted by atomic mass is 17.3. The Hall–Kier alpha value is -1.11. The van der Waals surface area contributed by atoms with E-state index in [4.69, 9.17) is 15.6 Å². The number of hydrogen-bond donors (Lipinski definition) is 2. The molecule has 0 aliphatic heterocycles. The Balaban J connectivity index is 2.04. The predicted molar refractivity (Wildman–Crippen MR) is 51.9 cm³/mol. The highest BCUT2D eigenvalue weighted by Crippen LogP contribution is 1.94. The molecule has 0 unspecified atom stereocenters. The van der Waals surface area contributed by atoms with Crippen LogP contribution in [0.25, 0.3) is 0 Å². The Morgan fingerprint density at radius 2 is 2.43 bits per heavy atom. The van der Waals surface area contributed by atoms with Crippen molar-refractivity contribution < 1.29 is 9.88 Å². The van der Waals surface area contributed by atoms with Crippen LogP contribution in [0.15, 0.2) is 12.3 Å². The molecule has 1 heterocycles. The fraction of sp³-hybridized carbons (Fsp3) is 0.625. The molecule has 14 heavy (non-hydrogen) atoms. The van der Waals surface area contributed by atoms with Crippen molar-refractivity contribution in [2.24, 2.45) is 0 Å². The molecule has 1 rings (SSSR count). The molecule has 0 saturated heterocycles. The number of aromatic nitrogens is 2. The van der Waals surface area contributed by atoms with Crippen molar-refractivity contribution >= 4 is 5.82 Å². The van der Waals surface area contributed by atoms with Crippen LogP contribution in [0.5, 0.6) is 0 Å². The van der Waals surface area contributed by atoms with Gasteiger partial charge < -0.3 is 5.73 Å². The van der Waals surface area contributed by atoms with E-state index in [9.17, 15) is 0 Å². The Morgan fingerprint density at radius 3 is 3.00 bits per heavy atom. The zero-order chi connectivity index (χ0) is 10.4. The van der Waals surface area contributed by atoms with Gasteiger partial charge in [0.1, 0.15) is 5.82 Å². The summed E-state index contributed by atoms with van der Waals surface area (Å²) in [4.78, 5) is 9.52. The lowest BCUT2D eigenvalue weighted by Crippen LogP contribution is -2.22. The van der Waals surface area contributed by atoms with Crippen molar-refractivity contribution in [2.45, 2.75) is 26.5 Å². The maximum atomic E-state index is 5.44. The Bertz CT molecular complexity index is 262. The second-order valence-electron chi connectivity index (χ2n) is 3.13. The predicted octanol–water partition coefficient (Wildman–Crippen LogP) is 0.326. The maximum absolute atomic E-state index is 5.44. The summed E-state index contributed by atoms with van der Waals surface area (Å²) in [6.07, 6.45) is 1.85. The summed E-state index contributed by atoms with van der Waals surface area (Å²) in [6, 6.07) is 1.74. The van der Waals surface area contributed by atoms with Gasteiger partial charge in [-0.25, -0.2) is 4.89 Å². The third-order valence-corrected chi connectivity index (χ3v) is 1.40. The van der Waals surface area contributed by atoms with Gasteiger partial charge in [0.15, 0.2) is 0 Å². The van der Waals surface area contributed by atoms with E-state index in [-0.39, 0.29) is 6.10 Å².